The van der Waals surface area contributed by atoms with E-state index < -0.39 is 0 Å². The van der Waals surface area contributed by atoms with E-state index in [1.54, 1.807) is 7.05 Å². The SMILES string of the molecule is C[C@H]1[C@H](C)CCC[C@@H]1NC(=O)c1ccc(=O)n(C)n1. The summed E-state index contributed by atoms with van der Waals surface area (Å²) in [6.45, 7) is 4.41. The Kier molecular flexibility index (Phi) is 4.02. The van der Waals surface area contributed by atoms with Gasteiger partial charge in [-0.15, -0.1) is 0 Å². The Morgan fingerprint density at radius 3 is 2.79 bits per heavy atom. The summed E-state index contributed by atoms with van der Waals surface area (Å²) in [5, 5.41) is 7.02. The van der Waals surface area contributed by atoms with E-state index in [-0.39, 0.29) is 17.5 Å². The molecule has 0 unspecified atom stereocenters. The lowest BCUT2D eigenvalue weighted by Crippen LogP contribution is -2.44. The van der Waals surface area contributed by atoms with Crippen molar-refractivity contribution in [3.63, 3.8) is 0 Å². The fourth-order valence-electron chi connectivity index (χ4n) is 2.65. The molecule has 0 spiro atoms. The molecular formula is C14H21N3O2. The molecule has 19 heavy (non-hydrogen) atoms. The van der Waals surface area contributed by atoms with Gasteiger partial charge in [0, 0.05) is 19.2 Å². The monoisotopic (exact) mass is 263 g/mol. The fourth-order valence-corrected chi connectivity index (χ4v) is 2.65. The van der Waals surface area contributed by atoms with Crippen molar-refractivity contribution < 1.29 is 4.79 Å². The third kappa shape index (κ3) is 3.03. The standard InChI is InChI=1S/C14H21N3O2/c1-9-5-4-6-11(10(9)2)15-14(19)12-7-8-13(18)17(3)16-12/h7-11H,4-6H2,1-3H3,(H,15,19)/t9-,10+,11+/m1/s1. The number of rotatable bonds is 2. The minimum atomic E-state index is -0.212. The van der Waals surface area contributed by atoms with E-state index in [0.717, 1.165) is 12.8 Å². The number of amides is 1. The summed E-state index contributed by atoms with van der Waals surface area (Å²) in [6.07, 6.45) is 3.39. The maximum atomic E-state index is 12.1. The molecule has 0 radical (unpaired) electrons. The number of carbonyl (C=O) groups is 1. The summed E-state index contributed by atoms with van der Waals surface area (Å²) in [5.41, 5.74) is 0.0868. The predicted octanol–water partition coefficient (Wildman–Crippen LogP) is 1.33. The molecule has 0 bridgehead atoms. The van der Waals surface area contributed by atoms with Crippen LogP contribution in [0.15, 0.2) is 16.9 Å². The lowest BCUT2D eigenvalue weighted by atomic mass is 9.78. The van der Waals surface area contributed by atoms with E-state index in [4.69, 9.17) is 0 Å². The molecule has 1 amide bonds. The van der Waals surface area contributed by atoms with E-state index in [0.29, 0.717) is 17.5 Å². The molecule has 1 fully saturated rings. The normalized spacial score (nSPS) is 27.0. The number of nitrogens with zero attached hydrogens (tertiary/aromatic N) is 2. The van der Waals surface area contributed by atoms with Crippen molar-refractivity contribution in [2.45, 2.75) is 39.2 Å². The van der Waals surface area contributed by atoms with Crippen LogP contribution in [-0.2, 0) is 7.05 Å². The first-order valence-corrected chi connectivity index (χ1v) is 6.84. The zero-order valence-electron chi connectivity index (χ0n) is 11.7. The van der Waals surface area contributed by atoms with Crippen LogP contribution in [0.25, 0.3) is 0 Å². The number of aryl methyl sites for hydroxylation is 1. The maximum absolute atomic E-state index is 12.1. The second kappa shape index (κ2) is 5.55. The second-order valence-electron chi connectivity index (χ2n) is 5.53. The number of hydrogen-bond acceptors (Lipinski definition) is 3. The average molecular weight is 263 g/mol. The van der Waals surface area contributed by atoms with E-state index in [1.807, 2.05) is 0 Å². The van der Waals surface area contributed by atoms with Crippen LogP contribution in [0.5, 0.6) is 0 Å². The highest BCUT2D eigenvalue weighted by Gasteiger charge is 2.28. The first kappa shape index (κ1) is 13.8. The summed E-state index contributed by atoms with van der Waals surface area (Å²) in [6, 6.07) is 3.05. The molecule has 2 rings (SSSR count). The smallest absolute Gasteiger partial charge is 0.271 e. The largest absolute Gasteiger partial charge is 0.348 e. The summed E-state index contributed by atoms with van der Waals surface area (Å²) in [4.78, 5) is 23.4. The van der Waals surface area contributed by atoms with Gasteiger partial charge in [0.2, 0.25) is 0 Å². The molecule has 1 heterocycles. The zero-order valence-corrected chi connectivity index (χ0v) is 11.7. The number of hydrogen-bond donors (Lipinski definition) is 1. The first-order chi connectivity index (χ1) is 8.99. The topological polar surface area (TPSA) is 64.0 Å². The van der Waals surface area contributed by atoms with Gasteiger partial charge in [0.1, 0.15) is 5.69 Å². The van der Waals surface area contributed by atoms with Gasteiger partial charge in [0.05, 0.1) is 0 Å². The fraction of sp³-hybridized carbons (Fsp3) is 0.643. The van der Waals surface area contributed by atoms with Gasteiger partial charge in [-0.1, -0.05) is 26.7 Å². The van der Waals surface area contributed by atoms with E-state index in [2.05, 4.69) is 24.3 Å². The van der Waals surface area contributed by atoms with Gasteiger partial charge in [0.15, 0.2) is 0 Å². The summed E-state index contributed by atoms with van der Waals surface area (Å²) < 4.78 is 1.18. The van der Waals surface area contributed by atoms with Gasteiger partial charge in [-0.2, -0.15) is 5.10 Å². The molecule has 104 valence electrons. The summed E-state index contributed by atoms with van der Waals surface area (Å²) >= 11 is 0. The van der Waals surface area contributed by atoms with Crippen LogP contribution >= 0.6 is 0 Å². The molecule has 0 aliphatic heterocycles. The number of nitrogens with one attached hydrogen (secondary N) is 1. The van der Waals surface area contributed by atoms with Crippen molar-refractivity contribution in [2.24, 2.45) is 18.9 Å². The highest BCUT2D eigenvalue weighted by molar-refractivity contribution is 5.92. The second-order valence-corrected chi connectivity index (χ2v) is 5.53. The molecule has 5 nitrogen and oxygen atoms in total. The first-order valence-electron chi connectivity index (χ1n) is 6.84. The van der Waals surface area contributed by atoms with Gasteiger partial charge < -0.3 is 5.32 Å². The van der Waals surface area contributed by atoms with E-state index in [9.17, 15) is 9.59 Å². The van der Waals surface area contributed by atoms with Crippen molar-refractivity contribution in [3.05, 3.63) is 28.2 Å². The zero-order chi connectivity index (χ0) is 14.0. The molecule has 1 aromatic heterocycles. The van der Waals surface area contributed by atoms with E-state index >= 15 is 0 Å². The Morgan fingerprint density at radius 2 is 2.11 bits per heavy atom. The lowest BCUT2D eigenvalue weighted by Gasteiger charge is -2.34. The molecule has 5 heteroatoms. The minimum absolute atomic E-state index is 0.193. The van der Waals surface area contributed by atoms with E-state index in [1.165, 1.54) is 23.2 Å². The van der Waals surface area contributed by atoms with Crippen molar-refractivity contribution >= 4 is 5.91 Å². The van der Waals surface area contributed by atoms with Crippen LogP contribution in [0.3, 0.4) is 0 Å². The van der Waals surface area contributed by atoms with Gasteiger partial charge in [-0.25, -0.2) is 4.68 Å². The molecule has 3 atom stereocenters. The van der Waals surface area contributed by atoms with Crippen molar-refractivity contribution in [1.82, 2.24) is 15.1 Å². The van der Waals surface area contributed by atoms with Gasteiger partial charge in [-0.05, 0) is 24.3 Å². The molecule has 1 aliphatic rings. The van der Waals surface area contributed by atoms with Crippen molar-refractivity contribution in [2.75, 3.05) is 0 Å². The molecule has 1 N–H and O–H groups in total. The molecule has 0 aromatic carbocycles. The Labute approximate surface area is 113 Å². The molecule has 1 saturated carbocycles. The maximum Gasteiger partial charge on any atom is 0.271 e. The summed E-state index contributed by atoms with van der Waals surface area (Å²) in [7, 11) is 1.55. The Balaban J connectivity index is 2.08. The number of carbonyl (C=O) groups excluding carboxylic acids is 1. The minimum Gasteiger partial charge on any atom is -0.348 e. The van der Waals surface area contributed by atoms with Crippen LogP contribution < -0.4 is 10.9 Å². The highest BCUT2D eigenvalue weighted by atomic mass is 16.2. The third-order valence-electron chi connectivity index (χ3n) is 4.22. The van der Waals surface area contributed by atoms with Gasteiger partial charge >= 0.3 is 0 Å². The molecule has 0 saturated heterocycles. The Bertz CT molecular complexity index is 524. The quantitative estimate of drug-likeness (QED) is 0.875. The molecule has 1 aliphatic carbocycles. The van der Waals surface area contributed by atoms with Crippen LogP contribution in [0, 0.1) is 11.8 Å². The summed E-state index contributed by atoms with van der Waals surface area (Å²) in [5.74, 6) is 0.916. The number of aromatic nitrogens is 2. The van der Waals surface area contributed by atoms with Crippen LogP contribution in [0.1, 0.15) is 43.6 Å². The third-order valence-corrected chi connectivity index (χ3v) is 4.22. The van der Waals surface area contributed by atoms with Gasteiger partial charge in [-0.3, -0.25) is 9.59 Å². The van der Waals surface area contributed by atoms with Crippen molar-refractivity contribution in [3.8, 4) is 0 Å². The van der Waals surface area contributed by atoms with Crippen LogP contribution in [0.2, 0.25) is 0 Å². The molecule has 1 aromatic rings. The van der Waals surface area contributed by atoms with Crippen LogP contribution in [-0.4, -0.2) is 21.7 Å². The Morgan fingerprint density at radius 1 is 1.37 bits per heavy atom. The molecular weight excluding hydrogens is 242 g/mol. The Hall–Kier alpha value is -1.65. The average Bonchev–Trinajstić information content (AvgIpc) is 2.38. The van der Waals surface area contributed by atoms with Crippen LogP contribution in [0.4, 0.5) is 0 Å². The predicted molar refractivity (Wildman–Crippen MR) is 72.9 cm³/mol. The lowest BCUT2D eigenvalue weighted by molar-refractivity contribution is 0.0883. The van der Waals surface area contributed by atoms with Crippen molar-refractivity contribution in [1.29, 1.82) is 0 Å². The highest BCUT2D eigenvalue weighted by Crippen LogP contribution is 2.29. The van der Waals surface area contributed by atoms with Gasteiger partial charge in [0.25, 0.3) is 11.5 Å².